The number of nitrogens with one attached hydrogen (secondary N) is 2. The van der Waals surface area contributed by atoms with Gasteiger partial charge in [-0.2, -0.15) is 0 Å². The number of hydrogen-bond donors (Lipinski definition) is 2. The molecule has 0 unspecified atom stereocenters. The Labute approximate surface area is 129 Å². The molecule has 118 valence electrons. The van der Waals surface area contributed by atoms with E-state index in [9.17, 15) is 4.79 Å². The first-order valence-corrected chi connectivity index (χ1v) is 8.01. The van der Waals surface area contributed by atoms with Crippen LogP contribution in [0.1, 0.15) is 52.0 Å². The van der Waals surface area contributed by atoms with E-state index in [1.165, 1.54) is 25.7 Å². The largest absolute Gasteiger partial charge is 0.325 e. The van der Waals surface area contributed by atoms with Gasteiger partial charge in [-0.1, -0.05) is 58.2 Å². The highest BCUT2D eigenvalue weighted by Crippen LogP contribution is 2.22. The van der Waals surface area contributed by atoms with E-state index in [0.717, 1.165) is 17.8 Å². The Kier molecular flexibility index (Phi) is 7.44. The second kappa shape index (κ2) is 8.83. The summed E-state index contributed by atoms with van der Waals surface area (Å²) in [7, 11) is 0. The van der Waals surface area contributed by atoms with Crippen LogP contribution in [0.2, 0.25) is 0 Å². The van der Waals surface area contributed by atoms with Crippen molar-refractivity contribution in [1.29, 1.82) is 0 Å². The summed E-state index contributed by atoms with van der Waals surface area (Å²) in [5.41, 5.74) is 2.23. The Morgan fingerprint density at radius 1 is 1.19 bits per heavy atom. The number of benzene rings is 1. The molecule has 3 heteroatoms. The molecule has 0 saturated heterocycles. The average molecular weight is 290 g/mol. The lowest BCUT2D eigenvalue weighted by Gasteiger charge is -2.25. The molecule has 21 heavy (non-hydrogen) atoms. The van der Waals surface area contributed by atoms with Gasteiger partial charge >= 0.3 is 0 Å². The molecule has 0 bridgehead atoms. The highest BCUT2D eigenvalue weighted by molar-refractivity contribution is 5.92. The SMILES string of the molecule is CCCCCC(C)(C)CNCC(=O)Nc1ccccc1C. The highest BCUT2D eigenvalue weighted by Gasteiger charge is 2.17. The number of anilines is 1. The summed E-state index contributed by atoms with van der Waals surface area (Å²) in [4.78, 5) is 11.9. The first-order chi connectivity index (χ1) is 9.94. The monoisotopic (exact) mass is 290 g/mol. The fourth-order valence-electron chi connectivity index (χ4n) is 2.36. The molecule has 0 heterocycles. The Hall–Kier alpha value is -1.35. The first kappa shape index (κ1) is 17.7. The van der Waals surface area contributed by atoms with E-state index in [-0.39, 0.29) is 11.3 Å². The topological polar surface area (TPSA) is 41.1 Å². The summed E-state index contributed by atoms with van der Waals surface area (Å²) >= 11 is 0. The quantitative estimate of drug-likeness (QED) is 0.671. The molecule has 0 fully saturated rings. The van der Waals surface area contributed by atoms with Gasteiger partial charge in [0.1, 0.15) is 0 Å². The third-order valence-corrected chi connectivity index (χ3v) is 3.77. The van der Waals surface area contributed by atoms with Crippen molar-refractivity contribution in [2.24, 2.45) is 5.41 Å². The predicted molar refractivity (Wildman–Crippen MR) is 90.6 cm³/mol. The lowest BCUT2D eigenvalue weighted by atomic mass is 9.87. The third-order valence-electron chi connectivity index (χ3n) is 3.77. The Bertz CT molecular complexity index is 441. The lowest BCUT2D eigenvalue weighted by molar-refractivity contribution is -0.115. The number of carbonyl (C=O) groups is 1. The molecule has 0 aliphatic carbocycles. The van der Waals surface area contributed by atoms with Crippen LogP contribution in [-0.4, -0.2) is 19.0 Å². The van der Waals surface area contributed by atoms with Crippen LogP contribution in [0.5, 0.6) is 0 Å². The maximum absolute atomic E-state index is 11.9. The zero-order chi connectivity index (χ0) is 15.7. The van der Waals surface area contributed by atoms with Crippen LogP contribution >= 0.6 is 0 Å². The van der Waals surface area contributed by atoms with Crippen molar-refractivity contribution in [1.82, 2.24) is 5.32 Å². The van der Waals surface area contributed by atoms with Gasteiger partial charge in [-0.3, -0.25) is 4.79 Å². The van der Waals surface area contributed by atoms with Crippen molar-refractivity contribution in [3.8, 4) is 0 Å². The number of carbonyl (C=O) groups excluding carboxylic acids is 1. The van der Waals surface area contributed by atoms with Crippen LogP contribution in [0.15, 0.2) is 24.3 Å². The van der Waals surface area contributed by atoms with Gasteiger partial charge in [0, 0.05) is 12.2 Å². The molecule has 1 aromatic carbocycles. The van der Waals surface area contributed by atoms with Gasteiger partial charge in [0.2, 0.25) is 5.91 Å². The van der Waals surface area contributed by atoms with Crippen LogP contribution < -0.4 is 10.6 Å². The van der Waals surface area contributed by atoms with Gasteiger partial charge in [0.05, 0.1) is 6.54 Å². The van der Waals surface area contributed by atoms with E-state index in [4.69, 9.17) is 0 Å². The zero-order valence-electron chi connectivity index (χ0n) is 14.0. The molecule has 0 radical (unpaired) electrons. The van der Waals surface area contributed by atoms with Crippen molar-refractivity contribution < 1.29 is 4.79 Å². The van der Waals surface area contributed by atoms with E-state index in [1.807, 2.05) is 31.2 Å². The van der Waals surface area contributed by atoms with Gasteiger partial charge in [-0.25, -0.2) is 0 Å². The molecular formula is C18H30N2O. The zero-order valence-corrected chi connectivity index (χ0v) is 14.0. The summed E-state index contributed by atoms with van der Waals surface area (Å²) in [6, 6.07) is 7.84. The van der Waals surface area contributed by atoms with Crippen molar-refractivity contribution in [2.45, 2.75) is 53.4 Å². The summed E-state index contributed by atoms with van der Waals surface area (Å²) in [5.74, 6) is 0.0219. The van der Waals surface area contributed by atoms with E-state index in [0.29, 0.717) is 6.54 Å². The van der Waals surface area contributed by atoms with Gasteiger partial charge in [-0.15, -0.1) is 0 Å². The summed E-state index contributed by atoms with van der Waals surface area (Å²) in [6.07, 6.45) is 5.01. The average Bonchev–Trinajstić information content (AvgIpc) is 2.41. The minimum atomic E-state index is 0.0219. The Balaban J connectivity index is 2.28. The van der Waals surface area contributed by atoms with E-state index >= 15 is 0 Å². The Morgan fingerprint density at radius 3 is 2.57 bits per heavy atom. The van der Waals surface area contributed by atoms with Crippen LogP contribution in [-0.2, 0) is 4.79 Å². The number of hydrogen-bond acceptors (Lipinski definition) is 2. The van der Waals surface area contributed by atoms with E-state index in [2.05, 4.69) is 31.4 Å². The Morgan fingerprint density at radius 2 is 1.90 bits per heavy atom. The molecule has 1 amide bonds. The molecule has 0 aliphatic heterocycles. The molecule has 1 aromatic rings. The molecule has 2 N–H and O–H groups in total. The van der Waals surface area contributed by atoms with Gasteiger partial charge in [0.25, 0.3) is 0 Å². The van der Waals surface area contributed by atoms with E-state index in [1.54, 1.807) is 0 Å². The van der Waals surface area contributed by atoms with Crippen LogP contribution in [0.4, 0.5) is 5.69 Å². The number of rotatable bonds is 9. The standard InChI is InChI=1S/C18H30N2O/c1-5-6-9-12-18(3,4)14-19-13-17(21)20-16-11-8-7-10-15(16)2/h7-8,10-11,19H,5-6,9,12-14H2,1-4H3,(H,20,21). The second-order valence-electron chi connectivity index (χ2n) is 6.59. The molecule has 0 aliphatic rings. The van der Waals surface area contributed by atoms with Crippen molar-refractivity contribution in [3.05, 3.63) is 29.8 Å². The first-order valence-electron chi connectivity index (χ1n) is 8.01. The lowest BCUT2D eigenvalue weighted by Crippen LogP contribution is -2.35. The van der Waals surface area contributed by atoms with Gasteiger partial charge in [-0.05, 0) is 30.4 Å². The second-order valence-corrected chi connectivity index (χ2v) is 6.59. The minimum Gasteiger partial charge on any atom is -0.325 e. The summed E-state index contributed by atoms with van der Waals surface area (Å²) in [6.45, 7) is 9.98. The van der Waals surface area contributed by atoms with Crippen molar-refractivity contribution in [2.75, 3.05) is 18.4 Å². The van der Waals surface area contributed by atoms with Crippen LogP contribution in [0.25, 0.3) is 0 Å². The molecule has 0 saturated carbocycles. The number of amides is 1. The van der Waals surface area contributed by atoms with Crippen molar-refractivity contribution >= 4 is 11.6 Å². The fourth-order valence-corrected chi connectivity index (χ4v) is 2.36. The number of para-hydroxylation sites is 1. The van der Waals surface area contributed by atoms with Crippen LogP contribution in [0.3, 0.4) is 0 Å². The minimum absolute atomic E-state index is 0.0219. The molecule has 1 rings (SSSR count). The molecule has 0 spiro atoms. The maximum atomic E-state index is 11.9. The number of aryl methyl sites for hydroxylation is 1. The fraction of sp³-hybridized carbons (Fsp3) is 0.611. The maximum Gasteiger partial charge on any atom is 0.238 e. The summed E-state index contributed by atoms with van der Waals surface area (Å²) < 4.78 is 0. The predicted octanol–water partition coefficient (Wildman–Crippen LogP) is 4.13. The molecule has 3 nitrogen and oxygen atoms in total. The molecular weight excluding hydrogens is 260 g/mol. The molecule has 0 aromatic heterocycles. The van der Waals surface area contributed by atoms with Crippen LogP contribution in [0, 0.1) is 12.3 Å². The van der Waals surface area contributed by atoms with E-state index < -0.39 is 0 Å². The smallest absolute Gasteiger partial charge is 0.238 e. The van der Waals surface area contributed by atoms with Crippen molar-refractivity contribution in [3.63, 3.8) is 0 Å². The summed E-state index contributed by atoms with van der Waals surface area (Å²) in [5, 5.41) is 6.23. The molecule has 0 atom stereocenters. The van der Waals surface area contributed by atoms with Gasteiger partial charge < -0.3 is 10.6 Å². The highest BCUT2D eigenvalue weighted by atomic mass is 16.1. The number of unbranched alkanes of at least 4 members (excludes halogenated alkanes) is 2. The normalized spacial score (nSPS) is 11.4. The third kappa shape index (κ3) is 7.28. The van der Waals surface area contributed by atoms with Gasteiger partial charge in [0.15, 0.2) is 0 Å².